The minimum Gasteiger partial charge on any atom is -0.300 e. The Balaban J connectivity index is 1.76. The van der Waals surface area contributed by atoms with E-state index in [-0.39, 0.29) is 0 Å². The summed E-state index contributed by atoms with van der Waals surface area (Å²) < 4.78 is 0. The average Bonchev–Trinajstić information content (AvgIpc) is 2.32. The predicted molar refractivity (Wildman–Crippen MR) is 67.7 cm³/mol. The Morgan fingerprint density at radius 1 is 1.06 bits per heavy atom. The van der Waals surface area contributed by atoms with Gasteiger partial charge in [0.2, 0.25) is 0 Å². The van der Waals surface area contributed by atoms with Gasteiger partial charge in [0, 0.05) is 31.5 Å². The van der Waals surface area contributed by atoms with Gasteiger partial charge in [-0.2, -0.15) is 0 Å². The van der Waals surface area contributed by atoms with Crippen molar-refractivity contribution in [3.05, 3.63) is 35.9 Å². The van der Waals surface area contributed by atoms with Crippen molar-refractivity contribution < 1.29 is 4.79 Å². The molecule has 2 fully saturated rings. The van der Waals surface area contributed by atoms with Gasteiger partial charge in [-0.15, -0.1) is 0 Å². The van der Waals surface area contributed by atoms with Gasteiger partial charge in [0.05, 0.1) is 0 Å². The lowest BCUT2D eigenvalue weighted by atomic mass is 9.83. The molecule has 2 aliphatic heterocycles. The lowest BCUT2D eigenvalue weighted by Gasteiger charge is -2.45. The summed E-state index contributed by atoms with van der Waals surface area (Å²) in [5.74, 6) is 0.476. The average molecular weight is 229 g/mol. The first kappa shape index (κ1) is 11.0. The second kappa shape index (κ2) is 4.61. The molecule has 2 heterocycles. The van der Waals surface area contributed by atoms with Crippen molar-refractivity contribution in [3.8, 4) is 0 Å². The van der Waals surface area contributed by atoms with Crippen molar-refractivity contribution in [3.63, 3.8) is 0 Å². The first-order chi connectivity index (χ1) is 8.33. The highest BCUT2D eigenvalue weighted by Crippen LogP contribution is 2.33. The minimum atomic E-state index is 0.476. The standard InChI is InChI=1S/C15H19NO/c17-15-9-13-7-4-8-14(10-15)16(13)11-12-5-2-1-3-6-12/h1-3,5-6,13-14H,4,7-11H2/t13-,14?/m1/s1. The molecule has 0 radical (unpaired) electrons. The first-order valence-electron chi connectivity index (χ1n) is 6.64. The number of rotatable bonds is 2. The molecule has 0 aromatic heterocycles. The monoisotopic (exact) mass is 229 g/mol. The van der Waals surface area contributed by atoms with E-state index in [9.17, 15) is 4.79 Å². The summed E-state index contributed by atoms with van der Waals surface area (Å²) >= 11 is 0. The largest absolute Gasteiger partial charge is 0.300 e. The van der Waals surface area contributed by atoms with Gasteiger partial charge in [0.25, 0.3) is 0 Å². The van der Waals surface area contributed by atoms with Crippen LogP contribution in [0.3, 0.4) is 0 Å². The van der Waals surface area contributed by atoms with E-state index in [2.05, 4.69) is 35.2 Å². The van der Waals surface area contributed by atoms with E-state index in [4.69, 9.17) is 0 Å². The van der Waals surface area contributed by atoms with Crippen LogP contribution in [-0.4, -0.2) is 22.8 Å². The van der Waals surface area contributed by atoms with Crippen molar-refractivity contribution in [1.29, 1.82) is 0 Å². The fourth-order valence-corrected chi connectivity index (χ4v) is 3.32. The Morgan fingerprint density at radius 2 is 1.71 bits per heavy atom. The molecular weight excluding hydrogens is 210 g/mol. The van der Waals surface area contributed by atoms with Gasteiger partial charge in [-0.05, 0) is 18.4 Å². The summed E-state index contributed by atoms with van der Waals surface area (Å²) in [5, 5.41) is 0. The molecular formula is C15H19NO. The molecule has 17 heavy (non-hydrogen) atoms. The third-order valence-corrected chi connectivity index (χ3v) is 4.15. The zero-order chi connectivity index (χ0) is 11.7. The van der Waals surface area contributed by atoms with Crippen molar-refractivity contribution in [2.24, 2.45) is 0 Å². The number of piperidine rings is 2. The van der Waals surface area contributed by atoms with E-state index in [0.29, 0.717) is 17.9 Å². The molecule has 3 rings (SSSR count). The zero-order valence-electron chi connectivity index (χ0n) is 10.1. The number of nitrogens with zero attached hydrogens (tertiary/aromatic N) is 1. The molecule has 0 amide bonds. The molecule has 2 atom stereocenters. The van der Waals surface area contributed by atoms with Crippen molar-refractivity contribution >= 4 is 5.78 Å². The molecule has 2 nitrogen and oxygen atoms in total. The first-order valence-corrected chi connectivity index (χ1v) is 6.64. The number of hydrogen-bond acceptors (Lipinski definition) is 2. The molecule has 2 bridgehead atoms. The van der Waals surface area contributed by atoms with Gasteiger partial charge in [-0.3, -0.25) is 9.69 Å². The summed E-state index contributed by atoms with van der Waals surface area (Å²) in [5.41, 5.74) is 1.37. The Bertz CT molecular complexity index is 385. The second-order valence-corrected chi connectivity index (χ2v) is 5.34. The van der Waals surface area contributed by atoms with E-state index in [0.717, 1.165) is 19.4 Å². The number of carbonyl (C=O) groups is 1. The lowest BCUT2D eigenvalue weighted by Crippen LogP contribution is -2.51. The van der Waals surface area contributed by atoms with Crippen molar-refractivity contribution in [2.75, 3.05) is 0 Å². The van der Waals surface area contributed by atoms with E-state index >= 15 is 0 Å². The Kier molecular flexibility index (Phi) is 2.98. The van der Waals surface area contributed by atoms with Crippen LogP contribution in [0.5, 0.6) is 0 Å². The highest BCUT2D eigenvalue weighted by molar-refractivity contribution is 5.80. The van der Waals surface area contributed by atoms with E-state index in [1.54, 1.807) is 0 Å². The highest BCUT2D eigenvalue weighted by Gasteiger charge is 2.37. The Morgan fingerprint density at radius 3 is 2.35 bits per heavy atom. The molecule has 2 aliphatic rings. The lowest BCUT2D eigenvalue weighted by molar-refractivity contribution is -0.127. The topological polar surface area (TPSA) is 20.3 Å². The quantitative estimate of drug-likeness (QED) is 0.777. The Hall–Kier alpha value is -1.15. The summed E-state index contributed by atoms with van der Waals surface area (Å²) in [7, 11) is 0. The van der Waals surface area contributed by atoms with E-state index in [1.807, 2.05) is 0 Å². The smallest absolute Gasteiger partial charge is 0.136 e. The predicted octanol–water partition coefficient (Wildman–Crippen LogP) is 2.77. The maximum absolute atomic E-state index is 11.6. The molecule has 0 saturated carbocycles. The van der Waals surface area contributed by atoms with Crippen molar-refractivity contribution in [2.45, 2.75) is 50.7 Å². The third kappa shape index (κ3) is 2.27. The molecule has 1 aromatic carbocycles. The molecule has 0 spiro atoms. The molecule has 90 valence electrons. The summed E-state index contributed by atoms with van der Waals surface area (Å²) in [4.78, 5) is 14.2. The third-order valence-electron chi connectivity index (χ3n) is 4.15. The number of carbonyl (C=O) groups excluding carboxylic acids is 1. The number of benzene rings is 1. The fraction of sp³-hybridized carbons (Fsp3) is 0.533. The van der Waals surface area contributed by atoms with Crippen LogP contribution in [0.4, 0.5) is 0 Å². The van der Waals surface area contributed by atoms with Crippen LogP contribution in [0.15, 0.2) is 30.3 Å². The van der Waals surface area contributed by atoms with Gasteiger partial charge >= 0.3 is 0 Å². The molecule has 0 N–H and O–H groups in total. The van der Waals surface area contributed by atoms with Crippen LogP contribution in [0, 0.1) is 0 Å². The van der Waals surface area contributed by atoms with E-state index < -0.39 is 0 Å². The van der Waals surface area contributed by atoms with Crippen LogP contribution in [0.2, 0.25) is 0 Å². The molecule has 2 heteroatoms. The fourth-order valence-electron chi connectivity index (χ4n) is 3.32. The van der Waals surface area contributed by atoms with Crippen LogP contribution >= 0.6 is 0 Å². The SMILES string of the molecule is O=C1CC2CCC[C@H](C1)N2Cc1ccccc1. The van der Waals surface area contributed by atoms with Crippen LogP contribution < -0.4 is 0 Å². The summed E-state index contributed by atoms with van der Waals surface area (Å²) in [6.07, 6.45) is 5.27. The summed E-state index contributed by atoms with van der Waals surface area (Å²) in [6.45, 7) is 1.02. The normalized spacial score (nSPS) is 29.3. The molecule has 0 aliphatic carbocycles. The van der Waals surface area contributed by atoms with Crippen LogP contribution in [0.25, 0.3) is 0 Å². The summed E-state index contributed by atoms with van der Waals surface area (Å²) in [6, 6.07) is 11.6. The maximum Gasteiger partial charge on any atom is 0.136 e. The maximum atomic E-state index is 11.6. The highest BCUT2D eigenvalue weighted by atomic mass is 16.1. The second-order valence-electron chi connectivity index (χ2n) is 5.34. The van der Waals surface area contributed by atoms with E-state index in [1.165, 1.54) is 24.8 Å². The van der Waals surface area contributed by atoms with Gasteiger partial charge < -0.3 is 0 Å². The zero-order valence-corrected chi connectivity index (χ0v) is 10.1. The number of fused-ring (bicyclic) bond motifs is 2. The Labute approximate surface area is 103 Å². The molecule has 1 unspecified atom stereocenters. The van der Waals surface area contributed by atoms with Gasteiger partial charge in [-0.25, -0.2) is 0 Å². The van der Waals surface area contributed by atoms with Crippen LogP contribution in [0.1, 0.15) is 37.7 Å². The van der Waals surface area contributed by atoms with Crippen molar-refractivity contribution in [1.82, 2.24) is 4.90 Å². The van der Waals surface area contributed by atoms with Gasteiger partial charge in [0.15, 0.2) is 0 Å². The minimum absolute atomic E-state index is 0.476. The number of ketones is 1. The van der Waals surface area contributed by atoms with Gasteiger partial charge in [-0.1, -0.05) is 36.8 Å². The molecule has 2 saturated heterocycles. The number of hydrogen-bond donors (Lipinski definition) is 0. The van der Waals surface area contributed by atoms with Gasteiger partial charge in [0.1, 0.15) is 5.78 Å². The molecule has 1 aromatic rings. The number of Topliss-reactive ketones (excluding diaryl/α,β-unsaturated/α-hetero) is 1. The van der Waals surface area contributed by atoms with Crippen LogP contribution in [-0.2, 0) is 11.3 Å².